The molecule has 0 amide bonds. The van der Waals surface area contributed by atoms with E-state index in [0.29, 0.717) is 0 Å². The Balaban J connectivity index is 1.48. The molecule has 0 N–H and O–H groups in total. The molecule has 5 atom stereocenters. The third-order valence-corrected chi connectivity index (χ3v) is 8.72. The summed E-state index contributed by atoms with van der Waals surface area (Å²) in [4.78, 5) is 25.4. The van der Waals surface area contributed by atoms with Gasteiger partial charge in [0.05, 0.1) is 10.3 Å². The Morgan fingerprint density at radius 2 is 1.18 bits per heavy atom. The highest BCUT2D eigenvalue weighted by atomic mass is 16.6. The van der Waals surface area contributed by atoms with Crippen LogP contribution in [-0.2, 0) is 0 Å². The van der Waals surface area contributed by atoms with Crippen LogP contribution < -0.4 is 0 Å². The lowest BCUT2D eigenvalue weighted by Crippen LogP contribution is -2.30. The maximum atomic E-state index is 14.4. The van der Waals surface area contributed by atoms with E-state index in [-0.39, 0.29) is 40.1 Å². The van der Waals surface area contributed by atoms with E-state index in [1.165, 1.54) is 11.1 Å². The molecule has 0 saturated heterocycles. The van der Waals surface area contributed by atoms with E-state index in [9.17, 15) is 14.9 Å². The summed E-state index contributed by atoms with van der Waals surface area (Å²) in [5.41, 5.74) is 5.97. The Labute approximate surface area is 221 Å². The Hall–Kier alpha value is -4.57. The SMILES string of the molecule is O=C(c1ccccc1)[C@]12C3C(=C(c4ccccc4)c4ccccc4)[C@@H](C=C[C@@H]31)[C@H]2c1ccc([N+](=O)[O-])cc1. The Morgan fingerprint density at radius 1 is 0.658 bits per heavy atom. The maximum Gasteiger partial charge on any atom is 0.269 e. The van der Waals surface area contributed by atoms with Crippen molar-refractivity contribution in [2.45, 2.75) is 5.92 Å². The number of hydrogen-bond acceptors (Lipinski definition) is 3. The Bertz CT molecular complexity index is 1570. The topological polar surface area (TPSA) is 60.2 Å². The number of hydrogen-bond donors (Lipinski definition) is 0. The molecule has 4 aliphatic carbocycles. The van der Waals surface area contributed by atoms with Gasteiger partial charge in [-0.3, -0.25) is 14.9 Å². The number of non-ortho nitro benzene ring substituents is 1. The number of Topliss-reactive ketones (excluding diaryl/α,β-unsaturated/α-hetero) is 1. The first-order chi connectivity index (χ1) is 18.6. The van der Waals surface area contributed by atoms with Crippen molar-refractivity contribution >= 4 is 17.0 Å². The fourth-order valence-corrected chi connectivity index (χ4v) is 7.29. The highest BCUT2D eigenvalue weighted by Gasteiger charge is 2.80. The van der Waals surface area contributed by atoms with E-state index in [1.807, 2.05) is 54.6 Å². The molecule has 0 aromatic heterocycles. The van der Waals surface area contributed by atoms with Crippen molar-refractivity contribution in [1.29, 1.82) is 0 Å². The van der Waals surface area contributed by atoms with Gasteiger partial charge in [0.2, 0.25) is 0 Å². The van der Waals surface area contributed by atoms with Gasteiger partial charge in [-0.25, -0.2) is 0 Å². The third kappa shape index (κ3) is 3.13. The minimum absolute atomic E-state index is 0.0227. The summed E-state index contributed by atoms with van der Waals surface area (Å²) in [6, 6.07) is 37.3. The molecule has 4 aliphatic rings. The molecule has 184 valence electrons. The summed E-state index contributed by atoms with van der Waals surface area (Å²) in [5, 5.41) is 11.4. The van der Waals surface area contributed by atoms with Crippen LogP contribution in [-0.4, -0.2) is 10.7 Å². The smallest absolute Gasteiger partial charge is 0.269 e. The van der Waals surface area contributed by atoms with E-state index in [2.05, 4.69) is 60.7 Å². The predicted octanol–water partition coefficient (Wildman–Crippen LogP) is 7.50. The Kier molecular flexibility index (Phi) is 5.05. The lowest BCUT2D eigenvalue weighted by atomic mass is 9.68. The molecule has 0 spiro atoms. The van der Waals surface area contributed by atoms with Crippen LogP contribution in [0.5, 0.6) is 0 Å². The van der Waals surface area contributed by atoms with Crippen molar-refractivity contribution in [3.05, 3.63) is 165 Å². The van der Waals surface area contributed by atoms with E-state index in [4.69, 9.17) is 0 Å². The highest BCUT2D eigenvalue weighted by Crippen LogP contribution is 2.82. The second-order valence-corrected chi connectivity index (χ2v) is 10.4. The predicted molar refractivity (Wildman–Crippen MR) is 148 cm³/mol. The molecule has 4 bridgehead atoms. The first-order valence-electron chi connectivity index (χ1n) is 13.0. The monoisotopic (exact) mass is 495 g/mol. The number of benzene rings is 4. The van der Waals surface area contributed by atoms with Crippen molar-refractivity contribution in [2.75, 3.05) is 0 Å². The molecule has 0 heterocycles. The molecule has 4 aromatic rings. The number of ketones is 1. The van der Waals surface area contributed by atoms with Gasteiger partial charge >= 0.3 is 0 Å². The average molecular weight is 496 g/mol. The van der Waals surface area contributed by atoms with Gasteiger partial charge in [-0.05, 0) is 33.8 Å². The van der Waals surface area contributed by atoms with E-state index in [0.717, 1.165) is 22.3 Å². The van der Waals surface area contributed by atoms with Gasteiger partial charge in [0.25, 0.3) is 5.69 Å². The second kappa shape index (κ2) is 8.49. The van der Waals surface area contributed by atoms with Crippen molar-refractivity contribution in [3.8, 4) is 0 Å². The van der Waals surface area contributed by atoms with Crippen LogP contribution in [0.25, 0.3) is 5.57 Å². The van der Waals surface area contributed by atoms with Crippen LogP contribution in [0.2, 0.25) is 0 Å². The van der Waals surface area contributed by atoms with Gasteiger partial charge in [0, 0.05) is 35.4 Å². The summed E-state index contributed by atoms with van der Waals surface area (Å²) in [6.07, 6.45) is 4.52. The average Bonchev–Trinajstić information content (AvgIpc) is 3.59. The van der Waals surface area contributed by atoms with Crippen LogP contribution in [0.15, 0.2) is 133 Å². The highest BCUT2D eigenvalue weighted by molar-refractivity contribution is 6.07. The van der Waals surface area contributed by atoms with Crippen molar-refractivity contribution in [3.63, 3.8) is 0 Å². The second-order valence-electron chi connectivity index (χ2n) is 10.4. The van der Waals surface area contributed by atoms with Crippen molar-refractivity contribution < 1.29 is 9.72 Å². The van der Waals surface area contributed by atoms with E-state index in [1.54, 1.807) is 12.1 Å². The zero-order chi connectivity index (χ0) is 25.9. The quantitative estimate of drug-likeness (QED) is 0.120. The van der Waals surface area contributed by atoms with Crippen LogP contribution in [0.3, 0.4) is 0 Å². The molecule has 1 unspecified atom stereocenters. The lowest BCUT2D eigenvalue weighted by molar-refractivity contribution is -0.384. The molecule has 4 heteroatoms. The zero-order valence-corrected chi connectivity index (χ0v) is 20.6. The largest absolute Gasteiger partial charge is 0.293 e. The molecular weight excluding hydrogens is 470 g/mol. The summed E-state index contributed by atoms with van der Waals surface area (Å²) < 4.78 is 0. The zero-order valence-electron chi connectivity index (χ0n) is 20.6. The molecule has 4 aromatic carbocycles. The first kappa shape index (κ1) is 22.6. The van der Waals surface area contributed by atoms with Gasteiger partial charge in [-0.2, -0.15) is 0 Å². The van der Waals surface area contributed by atoms with E-state index >= 15 is 0 Å². The van der Waals surface area contributed by atoms with Crippen LogP contribution >= 0.6 is 0 Å². The van der Waals surface area contributed by atoms with Crippen LogP contribution in [0.1, 0.15) is 33.0 Å². The molecule has 2 saturated carbocycles. The van der Waals surface area contributed by atoms with Gasteiger partial charge < -0.3 is 0 Å². The number of allylic oxidation sites excluding steroid dienone is 3. The fraction of sp³-hybridized carbons (Fsp3) is 0.147. The first-order valence-corrected chi connectivity index (χ1v) is 13.0. The van der Waals surface area contributed by atoms with Gasteiger partial charge in [0.15, 0.2) is 5.78 Å². The molecule has 2 fully saturated rings. The summed E-state index contributed by atoms with van der Waals surface area (Å²) in [7, 11) is 0. The minimum atomic E-state index is -0.596. The van der Waals surface area contributed by atoms with Crippen molar-refractivity contribution in [1.82, 2.24) is 0 Å². The molecule has 8 rings (SSSR count). The molecule has 38 heavy (non-hydrogen) atoms. The molecular formula is C34H25NO3. The molecule has 0 radical (unpaired) electrons. The molecule has 0 aliphatic heterocycles. The number of nitrogens with zero attached hydrogens (tertiary/aromatic N) is 1. The van der Waals surface area contributed by atoms with Crippen LogP contribution in [0, 0.1) is 33.3 Å². The normalized spacial score (nSPS) is 26.2. The Morgan fingerprint density at radius 3 is 1.71 bits per heavy atom. The number of nitro groups is 1. The number of carbonyl (C=O) groups is 1. The molecule has 4 nitrogen and oxygen atoms in total. The number of carbonyl (C=O) groups excluding carboxylic acids is 1. The summed E-state index contributed by atoms with van der Waals surface area (Å²) >= 11 is 0. The number of nitro benzene ring substituents is 1. The van der Waals surface area contributed by atoms with Gasteiger partial charge in [-0.1, -0.05) is 115 Å². The van der Waals surface area contributed by atoms with Crippen molar-refractivity contribution in [2.24, 2.45) is 23.2 Å². The third-order valence-electron chi connectivity index (χ3n) is 8.72. The fourth-order valence-electron chi connectivity index (χ4n) is 7.29. The van der Waals surface area contributed by atoms with Crippen LogP contribution in [0.4, 0.5) is 5.69 Å². The van der Waals surface area contributed by atoms with Gasteiger partial charge in [0.1, 0.15) is 0 Å². The van der Waals surface area contributed by atoms with E-state index < -0.39 is 5.41 Å². The van der Waals surface area contributed by atoms with Gasteiger partial charge in [-0.15, -0.1) is 0 Å². The maximum absolute atomic E-state index is 14.4. The summed E-state index contributed by atoms with van der Waals surface area (Å²) in [5.74, 6) is 0.280. The lowest BCUT2D eigenvalue weighted by Gasteiger charge is -2.33. The minimum Gasteiger partial charge on any atom is -0.293 e. The standard InChI is InChI=1S/C34H25NO3/c36-33(25-14-8-3-9-15-25)34-28-21-20-27(31(34)24-16-18-26(19-17-24)35(37)38)30(32(28)34)29(22-10-4-1-5-11-22)23-12-6-2-7-13-23/h1-21,27-28,31-32H/t27-,28+,31-,32?,34-/m1/s1. The number of rotatable bonds is 6. The summed E-state index contributed by atoms with van der Waals surface area (Å²) in [6.45, 7) is 0.